The van der Waals surface area contributed by atoms with Gasteiger partial charge in [-0.25, -0.2) is 9.37 Å². The molecule has 0 saturated heterocycles. The minimum Gasteiger partial charge on any atom is -0.375 e. The lowest BCUT2D eigenvalue weighted by molar-refractivity contribution is -0.132. The van der Waals surface area contributed by atoms with E-state index in [-0.39, 0.29) is 24.2 Å². The Balaban J connectivity index is 1.51. The topological polar surface area (TPSA) is 77.0 Å². The highest BCUT2D eigenvalue weighted by Gasteiger charge is 2.23. The molecule has 3 heterocycles. The maximum atomic E-state index is 13.2. The molecular weight excluding hydrogens is 389 g/mol. The van der Waals surface area contributed by atoms with Crippen LogP contribution in [0.3, 0.4) is 0 Å². The fraction of sp³-hybridized carbons (Fsp3) is 0.381. The number of benzene rings is 1. The summed E-state index contributed by atoms with van der Waals surface area (Å²) in [4.78, 5) is 20.4. The molecule has 1 amide bonds. The van der Waals surface area contributed by atoms with Gasteiger partial charge in [0.1, 0.15) is 12.4 Å². The Bertz CT molecular complexity index is 999. The number of nitrogens with zero attached hydrogens (tertiary/aromatic N) is 4. The van der Waals surface area contributed by atoms with Crippen LogP contribution in [-0.2, 0) is 24.2 Å². The second kappa shape index (κ2) is 7.94. The van der Waals surface area contributed by atoms with Crippen LogP contribution in [0.25, 0.3) is 11.3 Å². The Kier molecular flexibility index (Phi) is 5.36. The van der Waals surface area contributed by atoms with E-state index in [0.29, 0.717) is 18.2 Å². The number of thiazole rings is 1. The highest BCUT2D eigenvalue weighted by atomic mass is 32.1. The summed E-state index contributed by atoms with van der Waals surface area (Å²) in [5.41, 5.74) is 9.39. The van der Waals surface area contributed by atoms with Crippen molar-refractivity contribution in [2.45, 2.75) is 39.2 Å². The first kappa shape index (κ1) is 19.6. The number of carbonyl (C=O) groups excluding carboxylic acids is 1. The Morgan fingerprint density at radius 3 is 2.69 bits per heavy atom. The molecule has 2 aromatic heterocycles. The minimum atomic E-state index is -0.279. The normalized spacial score (nSPS) is 14.1. The van der Waals surface area contributed by atoms with Gasteiger partial charge >= 0.3 is 0 Å². The largest absolute Gasteiger partial charge is 0.375 e. The zero-order valence-electron chi connectivity index (χ0n) is 16.6. The molecule has 3 aromatic rings. The number of nitrogen functional groups attached to an aromatic ring is 1. The molecule has 0 bridgehead atoms. The molecule has 4 rings (SSSR count). The van der Waals surface area contributed by atoms with Crippen molar-refractivity contribution < 1.29 is 9.18 Å². The van der Waals surface area contributed by atoms with Crippen LogP contribution in [-0.4, -0.2) is 38.7 Å². The summed E-state index contributed by atoms with van der Waals surface area (Å²) in [5, 5.41) is 5.25. The highest BCUT2D eigenvalue weighted by Crippen LogP contribution is 2.26. The molecular formula is C21H24FN5OS. The van der Waals surface area contributed by atoms with E-state index >= 15 is 0 Å². The minimum absolute atomic E-state index is 0.0452. The lowest BCUT2D eigenvalue weighted by atomic mass is 10.1. The Morgan fingerprint density at radius 2 is 1.97 bits per heavy atom. The van der Waals surface area contributed by atoms with Crippen molar-refractivity contribution in [1.82, 2.24) is 19.7 Å². The molecule has 8 heteroatoms. The highest BCUT2D eigenvalue weighted by molar-refractivity contribution is 7.15. The van der Waals surface area contributed by atoms with Crippen LogP contribution in [0.5, 0.6) is 0 Å². The van der Waals surface area contributed by atoms with E-state index in [1.54, 1.807) is 16.8 Å². The van der Waals surface area contributed by atoms with Crippen LogP contribution in [0.1, 0.15) is 36.0 Å². The number of fused-ring (bicyclic) bond motifs is 1. The van der Waals surface area contributed by atoms with Crippen molar-refractivity contribution in [3.05, 3.63) is 52.4 Å². The second-order valence-electron chi connectivity index (χ2n) is 7.58. The number of amides is 1. The summed E-state index contributed by atoms with van der Waals surface area (Å²) in [6.07, 6.45) is 1.51. The first-order valence-electron chi connectivity index (χ1n) is 9.76. The molecule has 152 valence electrons. The van der Waals surface area contributed by atoms with Gasteiger partial charge in [-0.3, -0.25) is 9.48 Å². The van der Waals surface area contributed by atoms with Gasteiger partial charge in [-0.15, -0.1) is 11.3 Å². The average Bonchev–Trinajstić information content (AvgIpc) is 3.20. The number of carbonyl (C=O) groups is 1. The van der Waals surface area contributed by atoms with Crippen molar-refractivity contribution >= 4 is 22.4 Å². The summed E-state index contributed by atoms with van der Waals surface area (Å²) >= 11 is 1.51. The molecule has 0 saturated carbocycles. The molecule has 0 fully saturated rings. The van der Waals surface area contributed by atoms with Gasteiger partial charge in [-0.05, 0) is 36.2 Å². The fourth-order valence-corrected chi connectivity index (χ4v) is 4.51. The van der Waals surface area contributed by atoms with Gasteiger partial charge in [-0.1, -0.05) is 13.8 Å². The first-order chi connectivity index (χ1) is 13.9. The summed E-state index contributed by atoms with van der Waals surface area (Å²) in [7, 11) is 0. The maximum absolute atomic E-state index is 13.2. The fourth-order valence-electron chi connectivity index (χ4n) is 3.64. The number of hydrogen-bond donors (Lipinski definition) is 1. The van der Waals surface area contributed by atoms with Gasteiger partial charge in [0.2, 0.25) is 5.91 Å². The van der Waals surface area contributed by atoms with Gasteiger partial charge in [0.15, 0.2) is 5.13 Å². The van der Waals surface area contributed by atoms with Gasteiger partial charge in [-0.2, -0.15) is 5.10 Å². The monoisotopic (exact) mass is 413 g/mol. The maximum Gasteiger partial charge on any atom is 0.244 e. The van der Waals surface area contributed by atoms with Gasteiger partial charge in [0.05, 0.1) is 11.4 Å². The third-order valence-corrected chi connectivity index (χ3v) is 6.19. The lowest BCUT2D eigenvalue weighted by Crippen LogP contribution is -2.36. The van der Waals surface area contributed by atoms with Crippen molar-refractivity contribution in [2.75, 3.05) is 18.8 Å². The van der Waals surface area contributed by atoms with Crippen LogP contribution in [0.15, 0.2) is 30.3 Å². The van der Waals surface area contributed by atoms with Gasteiger partial charge < -0.3 is 10.6 Å². The predicted octanol–water partition coefficient (Wildman–Crippen LogP) is 3.48. The molecule has 0 radical (unpaired) electrons. The van der Waals surface area contributed by atoms with E-state index in [0.717, 1.165) is 35.5 Å². The van der Waals surface area contributed by atoms with Crippen molar-refractivity contribution in [2.24, 2.45) is 0 Å². The van der Waals surface area contributed by atoms with E-state index < -0.39 is 0 Å². The number of hydrogen-bond acceptors (Lipinski definition) is 5. The number of aromatic nitrogens is 3. The number of rotatable bonds is 4. The van der Waals surface area contributed by atoms with Crippen LogP contribution in [0, 0.1) is 5.82 Å². The van der Waals surface area contributed by atoms with E-state index in [1.807, 2.05) is 11.0 Å². The number of nitrogens with two attached hydrogens (primary N) is 1. The Morgan fingerprint density at radius 1 is 1.24 bits per heavy atom. The van der Waals surface area contributed by atoms with Crippen LogP contribution in [0.4, 0.5) is 9.52 Å². The lowest BCUT2D eigenvalue weighted by Gasteiger charge is -2.21. The van der Waals surface area contributed by atoms with E-state index in [9.17, 15) is 9.18 Å². The van der Waals surface area contributed by atoms with Gasteiger partial charge in [0.25, 0.3) is 0 Å². The van der Waals surface area contributed by atoms with Crippen molar-refractivity contribution in [3.63, 3.8) is 0 Å². The summed E-state index contributed by atoms with van der Waals surface area (Å²) in [5.74, 6) is -0.0186. The third kappa shape index (κ3) is 4.17. The quantitative estimate of drug-likeness (QED) is 0.710. The molecule has 6 nitrogen and oxygen atoms in total. The summed E-state index contributed by atoms with van der Waals surface area (Å²) in [6, 6.07) is 8.24. The Labute approximate surface area is 173 Å². The number of halogens is 1. The molecule has 1 aliphatic heterocycles. The van der Waals surface area contributed by atoms with Crippen molar-refractivity contribution in [1.29, 1.82) is 0 Å². The zero-order chi connectivity index (χ0) is 20.5. The standard InChI is InChI=1S/C21H24FN5OS/c1-13(2)18-11-17(14-3-5-15(22)6-4-14)25-27(18)12-20(28)26-9-7-16-19(8-10-26)29-21(23)24-16/h3-6,11,13H,7-10,12H2,1-2H3,(H2,23,24). The molecule has 1 aromatic carbocycles. The molecule has 0 spiro atoms. The molecule has 0 atom stereocenters. The van der Waals surface area contributed by atoms with Crippen molar-refractivity contribution in [3.8, 4) is 11.3 Å². The van der Waals surface area contributed by atoms with Crippen LogP contribution >= 0.6 is 11.3 Å². The summed E-state index contributed by atoms with van der Waals surface area (Å²) in [6.45, 7) is 5.64. The SMILES string of the molecule is CC(C)c1cc(-c2ccc(F)cc2)nn1CC(=O)N1CCc2nc(N)sc2CC1. The van der Waals surface area contributed by atoms with E-state index in [1.165, 1.54) is 28.3 Å². The molecule has 29 heavy (non-hydrogen) atoms. The van der Waals surface area contributed by atoms with Crippen LogP contribution in [0.2, 0.25) is 0 Å². The molecule has 0 unspecified atom stereocenters. The number of anilines is 1. The predicted molar refractivity (Wildman–Crippen MR) is 112 cm³/mol. The van der Waals surface area contributed by atoms with E-state index in [2.05, 4.69) is 23.9 Å². The first-order valence-corrected chi connectivity index (χ1v) is 10.6. The second-order valence-corrected chi connectivity index (χ2v) is 8.69. The third-order valence-electron chi connectivity index (χ3n) is 5.20. The summed E-state index contributed by atoms with van der Waals surface area (Å²) < 4.78 is 15.0. The van der Waals surface area contributed by atoms with Crippen LogP contribution < -0.4 is 5.73 Å². The Hall–Kier alpha value is -2.74. The van der Waals surface area contributed by atoms with Gasteiger partial charge in [0, 0.05) is 42.1 Å². The molecule has 1 aliphatic rings. The zero-order valence-corrected chi connectivity index (χ0v) is 17.4. The molecule has 2 N–H and O–H groups in total. The molecule has 0 aliphatic carbocycles. The smallest absolute Gasteiger partial charge is 0.244 e. The average molecular weight is 414 g/mol. The van der Waals surface area contributed by atoms with E-state index in [4.69, 9.17) is 5.73 Å².